The highest BCUT2D eigenvalue weighted by Crippen LogP contribution is 2.37. The summed E-state index contributed by atoms with van der Waals surface area (Å²) in [5.41, 5.74) is 0. The van der Waals surface area contributed by atoms with Crippen LogP contribution in [0.5, 0.6) is 0 Å². The normalized spacial score (nSPS) is 11.2. The van der Waals surface area contributed by atoms with Gasteiger partial charge in [0.05, 0.1) is 32.8 Å². The van der Waals surface area contributed by atoms with Crippen molar-refractivity contribution in [3.8, 4) is 0 Å². The molecular weight excluding hydrogens is 245 g/mol. The average molecular weight is 271 g/mol. The molecule has 16 heavy (non-hydrogen) atoms. The van der Waals surface area contributed by atoms with Crippen LogP contribution in [0.15, 0.2) is 0 Å². The van der Waals surface area contributed by atoms with E-state index in [1.165, 1.54) is 19.6 Å². The van der Waals surface area contributed by atoms with Crippen LogP contribution in [0, 0.1) is 0 Å². The van der Waals surface area contributed by atoms with E-state index < -0.39 is 6.72 Å². The van der Waals surface area contributed by atoms with Gasteiger partial charge in [0.2, 0.25) is 0 Å². The van der Waals surface area contributed by atoms with Gasteiger partial charge in [-0.05, 0) is 34.6 Å². The van der Waals surface area contributed by atoms with Gasteiger partial charge in [-0.25, -0.2) is 0 Å². The molecule has 0 saturated carbocycles. The summed E-state index contributed by atoms with van der Waals surface area (Å²) in [5.74, 6) is 0. The predicted octanol–water partition coefficient (Wildman–Crippen LogP) is 0.575. The molecule has 0 aromatic carbocycles. The van der Waals surface area contributed by atoms with Crippen molar-refractivity contribution in [2.24, 2.45) is 0 Å². The standard InChI is InChI=1S/C6H15N.C4H11O3PS/c1-4-7(5-2)6-3;1-3-6-8(5,9)7-4-2/h4-6H2,1-3H3;3-4H2,1-2H3,(H,5,9). The highest BCUT2D eigenvalue weighted by Gasteiger charge is 1.98. The molecule has 0 aromatic rings. The van der Waals surface area contributed by atoms with Crippen molar-refractivity contribution in [2.45, 2.75) is 34.6 Å². The van der Waals surface area contributed by atoms with Crippen LogP contribution in [0.2, 0.25) is 0 Å². The van der Waals surface area contributed by atoms with Gasteiger partial charge in [-0.15, -0.1) is 0 Å². The Hall–Kier alpha value is 0.490. The summed E-state index contributed by atoms with van der Waals surface area (Å²) < 4.78 is 9.24. The fourth-order valence-corrected chi connectivity index (χ4v) is 2.44. The Balaban J connectivity index is 0. The van der Waals surface area contributed by atoms with E-state index in [1.54, 1.807) is 18.7 Å². The van der Waals surface area contributed by atoms with Crippen molar-refractivity contribution in [3.63, 3.8) is 0 Å². The first-order valence-electron chi connectivity index (χ1n) is 5.90. The minimum atomic E-state index is -3.11. The zero-order chi connectivity index (χ0) is 13.0. The second kappa shape index (κ2) is 12.0. The van der Waals surface area contributed by atoms with Gasteiger partial charge in [0.1, 0.15) is 6.72 Å². The monoisotopic (exact) mass is 271 g/mol. The molecule has 4 nitrogen and oxygen atoms in total. The van der Waals surface area contributed by atoms with Gasteiger partial charge in [-0.3, -0.25) is 0 Å². The lowest BCUT2D eigenvalue weighted by atomic mass is 10.5. The number of hydrogen-bond acceptors (Lipinski definition) is 4. The molecule has 0 fully saturated rings. The van der Waals surface area contributed by atoms with E-state index in [0.29, 0.717) is 13.2 Å². The first-order chi connectivity index (χ1) is 7.47. The third-order valence-corrected chi connectivity index (χ3v) is 3.86. The summed E-state index contributed by atoms with van der Waals surface area (Å²) in [7, 11) is 0. The summed E-state index contributed by atoms with van der Waals surface area (Å²) in [6, 6.07) is 0. The molecule has 0 atom stereocenters. The summed E-state index contributed by atoms with van der Waals surface area (Å²) in [6.07, 6.45) is 0. The zero-order valence-electron chi connectivity index (χ0n) is 11.1. The van der Waals surface area contributed by atoms with Gasteiger partial charge < -0.3 is 18.8 Å². The van der Waals surface area contributed by atoms with Crippen molar-refractivity contribution in [2.75, 3.05) is 32.8 Å². The third kappa shape index (κ3) is 12.6. The van der Waals surface area contributed by atoms with E-state index in [2.05, 4.69) is 41.6 Å². The maximum absolute atomic E-state index is 10.8. The Morgan fingerprint density at radius 2 is 1.25 bits per heavy atom. The molecule has 0 heterocycles. The molecule has 0 rings (SSSR count). The maximum Gasteiger partial charge on any atom is 0.115 e. The third-order valence-electron chi connectivity index (χ3n) is 2.07. The molecule has 0 radical (unpaired) electrons. The van der Waals surface area contributed by atoms with Crippen molar-refractivity contribution < 1.29 is 18.8 Å². The largest absolute Gasteiger partial charge is 0.780 e. The molecule has 0 saturated heterocycles. The maximum atomic E-state index is 10.8. The number of hydrogen-bond donors (Lipinski definition) is 1. The lowest BCUT2D eigenvalue weighted by Gasteiger charge is -2.25. The van der Waals surface area contributed by atoms with Gasteiger partial charge in [-0.2, -0.15) is 0 Å². The SMILES string of the molecule is CCOP([O-])(=S)OCC.CC[NH+](CC)CC. The molecule has 0 aliphatic rings. The number of quaternary nitrogens is 1. The van der Waals surface area contributed by atoms with Gasteiger partial charge in [0, 0.05) is 0 Å². The minimum absolute atomic E-state index is 0.334. The van der Waals surface area contributed by atoms with Crippen LogP contribution in [0.1, 0.15) is 34.6 Å². The molecule has 6 heteroatoms. The first kappa shape index (κ1) is 18.8. The molecule has 0 bridgehead atoms. The Bertz CT molecular complexity index is 173. The summed E-state index contributed by atoms with van der Waals surface area (Å²) in [6.45, 7) is 11.5. The smallest absolute Gasteiger partial charge is 0.115 e. The highest BCUT2D eigenvalue weighted by molar-refractivity contribution is 8.06. The quantitative estimate of drug-likeness (QED) is 0.688. The molecule has 100 valence electrons. The Kier molecular flexibility index (Phi) is 14.1. The van der Waals surface area contributed by atoms with Gasteiger partial charge in [-0.1, -0.05) is 11.8 Å². The van der Waals surface area contributed by atoms with Crippen LogP contribution in [-0.4, -0.2) is 32.8 Å². The van der Waals surface area contributed by atoms with Crippen LogP contribution in [0.25, 0.3) is 0 Å². The summed E-state index contributed by atoms with van der Waals surface area (Å²) >= 11 is 4.45. The molecular formula is C10H26NO3PS. The first-order valence-corrected chi connectivity index (χ1v) is 8.46. The lowest BCUT2D eigenvalue weighted by Crippen LogP contribution is -3.11. The van der Waals surface area contributed by atoms with Gasteiger partial charge in [0.25, 0.3) is 0 Å². The van der Waals surface area contributed by atoms with Crippen LogP contribution >= 0.6 is 6.72 Å². The lowest BCUT2D eigenvalue weighted by molar-refractivity contribution is -0.894. The van der Waals surface area contributed by atoms with E-state index in [1.807, 2.05) is 0 Å². The Labute approximate surface area is 105 Å². The second-order valence-corrected chi connectivity index (χ2v) is 5.85. The Morgan fingerprint density at radius 1 is 0.938 bits per heavy atom. The molecule has 1 N–H and O–H groups in total. The topological polar surface area (TPSA) is 46.0 Å². The molecule has 0 aliphatic carbocycles. The van der Waals surface area contributed by atoms with Crippen LogP contribution in [0.4, 0.5) is 0 Å². The van der Waals surface area contributed by atoms with E-state index >= 15 is 0 Å². The molecule has 0 spiro atoms. The number of rotatable bonds is 7. The predicted molar refractivity (Wildman–Crippen MR) is 70.1 cm³/mol. The van der Waals surface area contributed by atoms with Crippen molar-refractivity contribution >= 4 is 18.5 Å². The van der Waals surface area contributed by atoms with E-state index in [0.717, 1.165) is 0 Å². The van der Waals surface area contributed by atoms with Crippen LogP contribution in [0.3, 0.4) is 0 Å². The zero-order valence-corrected chi connectivity index (χ0v) is 12.8. The summed E-state index contributed by atoms with van der Waals surface area (Å²) in [4.78, 5) is 12.5. The van der Waals surface area contributed by atoms with Gasteiger partial charge >= 0.3 is 0 Å². The van der Waals surface area contributed by atoms with Crippen LogP contribution in [-0.2, 0) is 20.9 Å². The molecule has 0 amide bonds. The fraction of sp³-hybridized carbons (Fsp3) is 1.00. The fourth-order valence-electron chi connectivity index (χ4n) is 1.10. The van der Waals surface area contributed by atoms with Crippen molar-refractivity contribution in [1.29, 1.82) is 0 Å². The molecule has 0 aromatic heterocycles. The highest BCUT2D eigenvalue weighted by atomic mass is 32.5. The van der Waals surface area contributed by atoms with Crippen molar-refractivity contribution in [3.05, 3.63) is 0 Å². The average Bonchev–Trinajstić information content (AvgIpc) is 2.21. The minimum Gasteiger partial charge on any atom is -0.780 e. The second-order valence-electron chi connectivity index (χ2n) is 3.09. The van der Waals surface area contributed by atoms with E-state index in [9.17, 15) is 4.89 Å². The molecule has 0 unspecified atom stereocenters. The number of nitrogens with one attached hydrogen (secondary N) is 1. The van der Waals surface area contributed by atoms with E-state index in [-0.39, 0.29) is 0 Å². The molecule has 0 aliphatic heterocycles. The Morgan fingerprint density at radius 3 is 1.38 bits per heavy atom. The van der Waals surface area contributed by atoms with E-state index in [4.69, 9.17) is 0 Å². The van der Waals surface area contributed by atoms with Gasteiger partial charge in [0.15, 0.2) is 0 Å². The summed E-state index contributed by atoms with van der Waals surface area (Å²) in [5, 5.41) is 0. The van der Waals surface area contributed by atoms with Crippen molar-refractivity contribution in [1.82, 2.24) is 0 Å². The van der Waals surface area contributed by atoms with Crippen LogP contribution < -0.4 is 9.79 Å².